The van der Waals surface area contributed by atoms with Crippen molar-refractivity contribution < 1.29 is 14.3 Å². The number of nitrogens with zero attached hydrogens (tertiary/aromatic N) is 5. The second-order valence-corrected chi connectivity index (χ2v) is 8.50. The maximum atomic E-state index is 12.9. The van der Waals surface area contributed by atoms with Crippen LogP contribution < -0.4 is 5.32 Å². The van der Waals surface area contributed by atoms with Crippen molar-refractivity contribution in [3.05, 3.63) is 46.7 Å². The van der Waals surface area contributed by atoms with Crippen molar-refractivity contribution in [2.75, 3.05) is 7.11 Å². The minimum atomic E-state index is -0.421. The minimum absolute atomic E-state index is 0.125. The maximum Gasteiger partial charge on any atom is 0.341 e. The molecule has 0 unspecified atom stereocenters. The topological polar surface area (TPSA) is 103 Å². The lowest BCUT2D eigenvalue weighted by atomic mass is 9.92. The summed E-state index contributed by atoms with van der Waals surface area (Å²) >= 11 is 0. The van der Waals surface area contributed by atoms with Gasteiger partial charge in [0.2, 0.25) is 0 Å². The molecular weight excluding hydrogens is 384 g/mol. The molecular formula is C21H26N6O3. The van der Waals surface area contributed by atoms with E-state index in [-0.39, 0.29) is 17.9 Å². The summed E-state index contributed by atoms with van der Waals surface area (Å²) in [5, 5.41) is 11.8. The first-order valence-corrected chi connectivity index (χ1v) is 10.1. The largest absolute Gasteiger partial charge is 0.465 e. The number of hydrogen-bond donors (Lipinski definition) is 1. The highest BCUT2D eigenvalue weighted by Crippen LogP contribution is 2.24. The van der Waals surface area contributed by atoms with Gasteiger partial charge < -0.3 is 10.1 Å². The van der Waals surface area contributed by atoms with Gasteiger partial charge in [0, 0.05) is 18.2 Å². The van der Waals surface area contributed by atoms with Crippen LogP contribution in [-0.4, -0.2) is 43.4 Å². The van der Waals surface area contributed by atoms with Crippen LogP contribution in [0.2, 0.25) is 0 Å². The zero-order valence-electron chi connectivity index (χ0n) is 17.7. The van der Waals surface area contributed by atoms with Crippen molar-refractivity contribution in [2.24, 2.45) is 0 Å². The van der Waals surface area contributed by atoms with Gasteiger partial charge in [0.1, 0.15) is 11.1 Å². The van der Waals surface area contributed by atoms with Crippen LogP contribution in [0.1, 0.15) is 71.4 Å². The predicted molar refractivity (Wildman–Crippen MR) is 109 cm³/mol. The van der Waals surface area contributed by atoms with Gasteiger partial charge in [-0.2, -0.15) is 10.2 Å². The molecule has 3 aromatic heterocycles. The molecule has 4 heterocycles. The number of carbonyl (C=O) groups excluding carboxylic acids is 2. The summed E-state index contributed by atoms with van der Waals surface area (Å²) in [5.74, 6) is -0.736. The normalized spacial score (nSPS) is 13.9. The molecule has 4 rings (SSSR count). The molecule has 0 bridgehead atoms. The molecule has 0 aliphatic carbocycles. The van der Waals surface area contributed by atoms with E-state index in [2.05, 4.69) is 41.3 Å². The standard InChI is InChI=1S/C21H26N6O3/c1-21(2,3)16-8-9-22-18-13(11-24-27(16)18)19(28)23-12-14-17(20(29)30-4)15-7-5-6-10-26(15)25-14/h8-9,11H,5-7,10,12H2,1-4H3,(H,23,28). The van der Waals surface area contributed by atoms with Crippen molar-refractivity contribution in [2.45, 2.75) is 58.5 Å². The van der Waals surface area contributed by atoms with Gasteiger partial charge in [0.25, 0.3) is 5.91 Å². The zero-order valence-corrected chi connectivity index (χ0v) is 17.7. The van der Waals surface area contributed by atoms with Gasteiger partial charge in [0.05, 0.1) is 36.9 Å². The van der Waals surface area contributed by atoms with Crippen molar-refractivity contribution in [3.8, 4) is 0 Å². The fraction of sp³-hybridized carbons (Fsp3) is 0.476. The summed E-state index contributed by atoms with van der Waals surface area (Å²) in [4.78, 5) is 29.6. The van der Waals surface area contributed by atoms with Gasteiger partial charge in [-0.05, 0) is 25.3 Å². The van der Waals surface area contributed by atoms with E-state index in [1.165, 1.54) is 13.3 Å². The number of esters is 1. The summed E-state index contributed by atoms with van der Waals surface area (Å²) < 4.78 is 8.50. The predicted octanol–water partition coefficient (Wildman–Crippen LogP) is 2.28. The average molecular weight is 410 g/mol. The molecule has 30 heavy (non-hydrogen) atoms. The Balaban J connectivity index is 1.61. The number of methoxy groups -OCH3 is 1. The van der Waals surface area contributed by atoms with Crippen LogP contribution in [0.3, 0.4) is 0 Å². The molecule has 0 saturated heterocycles. The summed E-state index contributed by atoms with van der Waals surface area (Å²) in [5.41, 5.74) is 3.55. The SMILES string of the molecule is COC(=O)c1c(CNC(=O)c2cnn3c(C(C)(C)C)ccnc23)nn2c1CCCC2. The molecule has 1 N–H and O–H groups in total. The van der Waals surface area contributed by atoms with Gasteiger partial charge in [0.15, 0.2) is 5.65 Å². The molecule has 1 amide bonds. The first-order chi connectivity index (χ1) is 14.3. The van der Waals surface area contributed by atoms with E-state index in [0.29, 0.717) is 22.5 Å². The first kappa shape index (κ1) is 20.1. The molecule has 1 aliphatic rings. The summed E-state index contributed by atoms with van der Waals surface area (Å²) in [6.45, 7) is 7.13. The monoisotopic (exact) mass is 410 g/mol. The van der Waals surface area contributed by atoms with E-state index in [0.717, 1.165) is 37.2 Å². The Morgan fingerprint density at radius 3 is 2.80 bits per heavy atom. The molecule has 3 aromatic rings. The molecule has 158 valence electrons. The van der Waals surface area contributed by atoms with E-state index in [9.17, 15) is 9.59 Å². The lowest BCUT2D eigenvalue weighted by Gasteiger charge is -2.19. The fourth-order valence-corrected chi connectivity index (χ4v) is 3.88. The first-order valence-electron chi connectivity index (χ1n) is 10.1. The van der Waals surface area contributed by atoms with E-state index in [4.69, 9.17) is 4.74 Å². The second-order valence-electron chi connectivity index (χ2n) is 8.50. The molecule has 0 fully saturated rings. The van der Waals surface area contributed by atoms with Crippen LogP contribution >= 0.6 is 0 Å². The van der Waals surface area contributed by atoms with E-state index in [1.807, 2.05) is 10.7 Å². The van der Waals surface area contributed by atoms with Gasteiger partial charge in [-0.25, -0.2) is 14.3 Å². The third-order valence-electron chi connectivity index (χ3n) is 5.38. The molecule has 1 aliphatic heterocycles. The smallest absolute Gasteiger partial charge is 0.341 e. The van der Waals surface area contributed by atoms with Gasteiger partial charge in [-0.1, -0.05) is 20.8 Å². The Hall–Kier alpha value is -3.23. The maximum absolute atomic E-state index is 12.9. The van der Waals surface area contributed by atoms with Crippen LogP contribution in [0.5, 0.6) is 0 Å². The Kier molecular flexibility index (Phi) is 5.05. The number of rotatable bonds is 4. The molecule has 0 aromatic carbocycles. The minimum Gasteiger partial charge on any atom is -0.465 e. The van der Waals surface area contributed by atoms with Gasteiger partial charge in [-0.15, -0.1) is 0 Å². The van der Waals surface area contributed by atoms with Gasteiger partial charge in [-0.3, -0.25) is 9.48 Å². The molecule has 0 atom stereocenters. The van der Waals surface area contributed by atoms with Crippen molar-refractivity contribution in [3.63, 3.8) is 0 Å². The van der Waals surface area contributed by atoms with Crippen LogP contribution in [0.25, 0.3) is 5.65 Å². The Labute approximate surface area is 174 Å². The highest BCUT2D eigenvalue weighted by molar-refractivity contribution is 5.99. The number of aryl methyl sites for hydroxylation is 1. The molecule has 9 heteroatoms. The highest BCUT2D eigenvalue weighted by atomic mass is 16.5. The number of fused-ring (bicyclic) bond motifs is 2. The average Bonchev–Trinajstić information content (AvgIpc) is 3.31. The van der Waals surface area contributed by atoms with Crippen molar-refractivity contribution in [1.82, 2.24) is 29.7 Å². The van der Waals surface area contributed by atoms with Crippen molar-refractivity contribution in [1.29, 1.82) is 0 Å². The lowest BCUT2D eigenvalue weighted by molar-refractivity contribution is 0.0597. The summed E-state index contributed by atoms with van der Waals surface area (Å²) in [6.07, 6.45) is 6.01. The van der Waals surface area contributed by atoms with Crippen LogP contribution in [0.4, 0.5) is 0 Å². The Bertz CT molecular complexity index is 1120. The number of amides is 1. The fourth-order valence-electron chi connectivity index (χ4n) is 3.88. The number of ether oxygens (including phenoxy) is 1. The number of nitrogens with one attached hydrogen (secondary N) is 1. The third kappa shape index (κ3) is 3.44. The quantitative estimate of drug-likeness (QED) is 0.662. The molecule has 9 nitrogen and oxygen atoms in total. The van der Waals surface area contributed by atoms with Crippen LogP contribution in [0, 0.1) is 0 Å². The third-order valence-corrected chi connectivity index (χ3v) is 5.38. The summed E-state index contributed by atoms with van der Waals surface area (Å²) in [7, 11) is 1.36. The molecule has 0 radical (unpaired) electrons. The summed E-state index contributed by atoms with van der Waals surface area (Å²) in [6, 6.07) is 1.90. The van der Waals surface area contributed by atoms with E-state index >= 15 is 0 Å². The highest BCUT2D eigenvalue weighted by Gasteiger charge is 2.27. The Morgan fingerprint density at radius 1 is 1.27 bits per heavy atom. The van der Waals surface area contributed by atoms with Gasteiger partial charge >= 0.3 is 5.97 Å². The second kappa shape index (κ2) is 7.55. The zero-order chi connectivity index (χ0) is 21.5. The van der Waals surface area contributed by atoms with Crippen LogP contribution in [-0.2, 0) is 29.7 Å². The van der Waals surface area contributed by atoms with Crippen LogP contribution in [0.15, 0.2) is 18.5 Å². The molecule has 0 spiro atoms. The van der Waals surface area contributed by atoms with Crippen molar-refractivity contribution >= 4 is 17.5 Å². The number of hydrogen-bond acceptors (Lipinski definition) is 6. The number of aromatic nitrogens is 5. The lowest BCUT2D eigenvalue weighted by Crippen LogP contribution is -2.24. The Morgan fingerprint density at radius 2 is 2.07 bits per heavy atom. The molecule has 0 saturated carbocycles. The number of carbonyl (C=O) groups is 2. The van der Waals surface area contributed by atoms with E-state index < -0.39 is 5.97 Å². The van der Waals surface area contributed by atoms with E-state index in [1.54, 1.807) is 10.7 Å².